The summed E-state index contributed by atoms with van der Waals surface area (Å²) in [7, 11) is 5.36. The van der Waals surface area contributed by atoms with Crippen molar-refractivity contribution in [2.24, 2.45) is 0 Å². The molecule has 1 aliphatic carbocycles. The minimum Gasteiger partial charge on any atom is -0.465 e. The van der Waals surface area contributed by atoms with Crippen molar-refractivity contribution in [3.05, 3.63) is 28.8 Å². The Morgan fingerprint density at radius 2 is 1.87 bits per heavy atom. The average molecular weight is 414 g/mol. The Kier molecular flexibility index (Phi) is 8.73. The van der Waals surface area contributed by atoms with Crippen LogP contribution in [-0.2, 0) is 9.53 Å². The molecular weight excluding hydrogens is 378 g/mol. The van der Waals surface area contributed by atoms with E-state index in [2.05, 4.69) is 35.0 Å². The van der Waals surface area contributed by atoms with Crippen LogP contribution in [0.2, 0.25) is 0 Å². The van der Waals surface area contributed by atoms with E-state index in [1.807, 2.05) is 32.0 Å². The molecule has 0 bridgehead atoms. The van der Waals surface area contributed by atoms with E-state index in [4.69, 9.17) is 4.74 Å². The van der Waals surface area contributed by atoms with Crippen molar-refractivity contribution < 1.29 is 14.3 Å². The SMILES string of the molecule is CCN(c1cc(C#CCN(C)C)cc(C(=O)OC)c1C)C1CCC(NC(C)=O)CC1. The number of anilines is 1. The van der Waals surface area contributed by atoms with Gasteiger partial charge in [0.15, 0.2) is 0 Å². The first-order valence-electron chi connectivity index (χ1n) is 10.7. The molecule has 2 rings (SSSR count). The van der Waals surface area contributed by atoms with Crippen molar-refractivity contribution in [2.75, 3.05) is 39.2 Å². The number of amides is 1. The van der Waals surface area contributed by atoms with Gasteiger partial charge < -0.3 is 15.0 Å². The number of rotatable bonds is 6. The van der Waals surface area contributed by atoms with E-state index in [1.165, 1.54) is 7.11 Å². The van der Waals surface area contributed by atoms with Crippen molar-refractivity contribution >= 4 is 17.6 Å². The lowest BCUT2D eigenvalue weighted by Crippen LogP contribution is -2.44. The highest BCUT2D eigenvalue weighted by Crippen LogP contribution is 2.32. The number of nitrogens with one attached hydrogen (secondary N) is 1. The van der Waals surface area contributed by atoms with E-state index >= 15 is 0 Å². The third kappa shape index (κ3) is 6.24. The summed E-state index contributed by atoms with van der Waals surface area (Å²) in [5.74, 6) is 6.06. The maximum atomic E-state index is 12.4. The Bertz CT molecular complexity index is 815. The van der Waals surface area contributed by atoms with E-state index in [0.717, 1.165) is 49.0 Å². The van der Waals surface area contributed by atoms with Crippen molar-refractivity contribution in [1.82, 2.24) is 10.2 Å². The summed E-state index contributed by atoms with van der Waals surface area (Å²) in [6.45, 7) is 7.18. The quantitative estimate of drug-likeness (QED) is 0.574. The van der Waals surface area contributed by atoms with Crippen LogP contribution in [0.15, 0.2) is 12.1 Å². The molecule has 0 radical (unpaired) electrons. The molecule has 0 spiro atoms. The van der Waals surface area contributed by atoms with Gasteiger partial charge in [0.1, 0.15) is 0 Å². The maximum absolute atomic E-state index is 12.4. The highest BCUT2D eigenvalue weighted by Gasteiger charge is 2.27. The molecule has 0 heterocycles. The second-order valence-electron chi connectivity index (χ2n) is 8.19. The van der Waals surface area contributed by atoms with Gasteiger partial charge in [-0.2, -0.15) is 0 Å². The van der Waals surface area contributed by atoms with E-state index in [0.29, 0.717) is 18.2 Å². The van der Waals surface area contributed by atoms with Gasteiger partial charge in [-0.15, -0.1) is 0 Å². The van der Waals surface area contributed by atoms with Gasteiger partial charge in [0, 0.05) is 36.8 Å². The fourth-order valence-electron chi connectivity index (χ4n) is 4.14. The zero-order chi connectivity index (χ0) is 22.3. The summed E-state index contributed by atoms with van der Waals surface area (Å²) < 4.78 is 5.03. The monoisotopic (exact) mass is 413 g/mol. The lowest BCUT2D eigenvalue weighted by molar-refractivity contribution is -0.119. The normalized spacial score (nSPS) is 18.4. The first-order chi connectivity index (χ1) is 14.3. The highest BCUT2D eigenvalue weighted by molar-refractivity contribution is 5.93. The topological polar surface area (TPSA) is 61.9 Å². The van der Waals surface area contributed by atoms with Crippen molar-refractivity contribution in [1.29, 1.82) is 0 Å². The van der Waals surface area contributed by atoms with E-state index in [-0.39, 0.29) is 17.9 Å². The van der Waals surface area contributed by atoms with Gasteiger partial charge in [0.25, 0.3) is 0 Å². The number of benzene rings is 1. The molecule has 0 aromatic heterocycles. The third-order valence-corrected chi connectivity index (χ3v) is 5.61. The number of ether oxygens (including phenoxy) is 1. The molecule has 1 fully saturated rings. The van der Waals surface area contributed by atoms with Crippen LogP contribution in [0.1, 0.15) is 61.0 Å². The second-order valence-corrected chi connectivity index (χ2v) is 8.19. The molecule has 6 heteroatoms. The number of carbonyl (C=O) groups excluding carboxylic acids is 2. The van der Waals surface area contributed by atoms with Crippen LogP contribution < -0.4 is 10.2 Å². The largest absolute Gasteiger partial charge is 0.465 e. The Morgan fingerprint density at radius 1 is 1.20 bits per heavy atom. The molecule has 0 saturated heterocycles. The minimum atomic E-state index is -0.338. The van der Waals surface area contributed by atoms with Gasteiger partial charge in [0.2, 0.25) is 5.91 Å². The Hall–Kier alpha value is -2.52. The third-order valence-electron chi connectivity index (χ3n) is 5.61. The summed E-state index contributed by atoms with van der Waals surface area (Å²) in [6.07, 6.45) is 3.93. The lowest BCUT2D eigenvalue weighted by atomic mass is 9.89. The van der Waals surface area contributed by atoms with Crippen LogP contribution in [0.25, 0.3) is 0 Å². The molecule has 1 aliphatic rings. The summed E-state index contributed by atoms with van der Waals surface area (Å²) in [5, 5.41) is 3.04. The van der Waals surface area contributed by atoms with Crippen LogP contribution in [0.5, 0.6) is 0 Å². The molecule has 6 nitrogen and oxygen atoms in total. The van der Waals surface area contributed by atoms with Gasteiger partial charge in [0.05, 0.1) is 19.2 Å². The van der Waals surface area contributed by atoms with Crippen molar-refractivity contribution in [3.8, 4) is 11.8 Å². The predicted molar refractivity (Wildman–Crippen MR) is 121 cm³/mol. The van der Waals surface area contributed by atoms with Gasteiger partial charge in [-0.05, 0) is 71.3 Å². The Morgan fingerprint density at radius 3 is 2.40 bits per heavy atom. The molecule has 1 aromatic rings. The van der Waals surface area contributed by atoms with Crippen molar-refractivity contribution in [3.63, 3.8) is 0 Å². The molecule has 1 N–H and O–H groups in total. The molecule has 1 aromatic carbocycles. The standard InChI is InChI=1S/C24H35N3O3/c1-7-27(21-12-10-20(11-13-21)25-18(3)28)23-16-19(9-8-14-26(4)5)15-22(17(23)2)24(29)30-6/h15-16,20-21H,7,10-14H2,1-6H3,(H,25,28). The summed E-state index contributed by atoms with van der Waals surface area (Å²) >= 11 is 0. The number of nitrogens with zero attached hydrogens (tertiary/aromatic N) is 2. The van der Waals surface area contributed by atoms with Crippen LogP contribution >= 0.6 is 0 Å². The molecule has 1 amide bonds. The lowest BCUT2D eigenvalue weighted by Gasteiger charge is -2.39. The smallest absolute Gasteiger partial charge is 0.338 e. The summed E-state index contributed by atoms with van der Waals surface area (Å²) in [4.78, 5) is 28.2. The highest BCUT2D eigenvalue weighted by atomic mass is 16.5. The number of esters is 1. The van der Waals surface area contributed by atoms with E-state index < -0.39 is 0 Å². The second kappa shape index (κ2) is 11.0. The van der Waals surface area contributed by atoms with Gasteiger partial charge in [-0.1, -0.05) is 11.8 Å². The molecule has 0 aliphatic heterocycles. The fourth-order valence-corrected chi connectivity index (χ4v) is 4.14. The van der Waals surface area contributed by atoms with Gasteiger partial charge >= 0.3 is 5.97 Å². The average Bonchev–Trinajstić information content (AvgIpc) is 2.70. The molecule has 1 saturated carbocycles. The van der Waals surface area contributed by atoms with Gasteiger partial charge in [-0.3, -0.25) is 9.69 Å². The zero-order valence-electron chi connectivity index (χ0n) is 19.2. The minimum absolute atomic E-state index is 0.0355. The Labute approximate surface area is 180 Å². The molecule has 30 heavy (non-hydrogen) atoms. The molecule has 164 valence electrons. The van der Waals surface area contributed by atoms with Crippen LogP contribution in [0.4, 0.5) is 5.69 Å². The van der Waals surface area contributed by atoms with E-state index in [9.17, 15) is 9.59 Å². The predicted octanol–water partition coefficient (Wildman–Crippen LogP) is 2.97. The van der Waals surface area contributed by atoms with Crippen molar-refractivity contribution in [2.45, 2.75) is 58.5 Å². The summed E-state index contributed by atoms with van der Waals surface area (Å²) in [5.41, 5.74) is 3.35. The fraction of sp³-hybridized carbons (Fsp3) is 0.583. The molecule has 0 atom stereocenters. The Balaban J connectivity index is 2.35. The number of hydrogen-bond donors (Lipinski definition) is 1. The number of methoxy groups -OCH3 is 1. The first-order valence-corrected chi connectivity index (χ1v) is 10.7. The molecular formula is C24H35N3O3. The summed E-state index contributed by atoms with van der Waals surface area (Å²) in [6, 6.07) is 4.55. The maximum Gasteiger partial charge on any atom is 0.338 e. The first kappa shape index (κ1) is 23.8. The molecule has 0 unspecified atom stereocenters. The number of carbonyl (C=O) groups is 2. The number of hydrogen-bond acceptors (Lipinski definition) is 5. The van der Waals surface area contributed by atoms with Crippen LogP contribution in [0.3, 0.4) is 0 Å². The van der Waals surface area contributed by atoms with Gasteiger partial charge in [-0.25, -0.2) is 4.79 Å². The van der Waals surface area contributed by atoms with Crippen LogP contribution in [-0.4, -0.2) is 63.2 Å². The van der Waals surface area contributed by atoms with E-state index in [1.54, 1.807) is 6.92 Å². The van der Waals surface area contributed by atoms with Crippen LogP contribution in [0, 0.1) is 18.8 Å². The zero-order valence-corrected chi connectivity index (χ0v) is 19.2.